The molecule has 1 aromatic heterocycles. The molecule has 1 fully saturated rings. The van der Waals surface area contributed by atoms with Crippen molar-refractivity contribution in [3.63, 3.8) is 0 Å². The van der Waals surface area contributed by atoms with Gasteiger partial charge in [0.05, 0.1) is 16.3 Å². The Balaban J connectivity index is 2.02. The molecule has 2 aromatic rings. The summed E-state index contributed by atoms with van der Waals surface area (Å²) in [4.78, 5) is 18.0. The van der Waals surface area contributed by atoms with Gasteiger partial charge in [-0.2, -0.15) is 13.2 Å². The van der Waals surface area contributed by atoms with Crippen molar-refractivity contribution in [2.75, 3.05) is 22.0 Å². The average Bonchev–Trinajstić information content (AvgIpc) is 2.96. The first kappa shape index (κ1) is 22.3. The molecule has 0 saturated carbocycles. The van der Waals surface area contributed by atoms with Gasteiger partial charge in [-0.05, 0) is 43.7 Å². The van der Waals surface area contributed by atoms with E-state index in [9.17, 15) is 30.8 Å². The average molecular weight is 466 g/mol. The van der Waals surface area contributed by atoms with Crippen LogP contribution in [0.25, 0.3) is 0 Å². The largest absolute Gasteiger partial charge is 0.416 e. The lowest BCUT2D eigenvalue weighted by molar-refractivity contribution is -0.137. The molecule has 3 rings (SSSR count). The van der Waals surface area contributed by atoms with Gasteiger partial charge in [0, 0.05) is 18.4 Å². The third kappa shape index (κ3) is 4.22. The second kappa shape index (κ2) is 7.69. The molecular weight excluding hydrogens is 450 g/mol. The van der Waals surface area contributed by atoms with Crippen LogP contribution in [0.3, 0.4) is 0 Å². The van der Waals surface area contributed by atoms with E-state index in [1.165, 1.54) is 26.1 Å². The normalized spacial score (nSPS) is 18.5. The number of anilines is 2. The zero-order valence-corrected chi connectivity index (χ0v) is 17.3. The molecule has 162 valence electrons. The fourth-order valence-electron chi connectivity index (χ4n) is 3.17. The minimum atomic E-state index is -4.72. The Bertz CT molecular complexity index is 1110. The van der Waals surface area contributed by atoms with Gasteiger partial charge in [0.15, 0.2) is 0 Å². The molecule has 0 spiro atoms. The highest BCUT2D eigenvalue weighted by Crippen LogP contribution is 2.35. The summed E-state index contributed by atoms with van der Waals surface area (Å²) in [6, 6.07) is 3.59. The Morgan fingerprint density at radius 2 is 1.93 bits per heavy atom. The van der Waals surface area contributed by atoms with Crippen molar-refractivity contribution >= 4 is 39.0 Å². The van der Waals surface area contributed by atoms with E-state index in [1.54, 1.807) is 0 Å². The molecular formula is C18H16ClF4N3O3S. The lowest BCUT2D eigenvalue weighted by Crippen LogP contribution is -2.46. The molecule has 30 heavy (non-hydrogen) atoms. The summed E-state index contributed by atoms with van der Waals surface area (Å²) in [5.74, 6) is -2.33. The van der Waals surface area contributed by atoms with E-state index in [-0.39, 0.29) is 22.8 Å². The number of hydrogen-bond acceptors (Lipinski definition) is 4. The molecule has 1 aromatic carbocycles. The molecule has 0 N–H and O–H groups in total. The Hall–Kier alpha value is -2.40. The first-order valence-electron chi connectivity index (χ1n) is 8.62. The zero-order valence-electron chi connectivity index (χ0n) is 15.7. The number of benzene rings is 1. The number of carbonyl (C=O) groups excluding carboxylic acids is 1. The van der Waals surface area contributed by atoms with E-state index < -0.39 is 51.1 Å². The number of likely N-dealkylation sites (N-methyl/N-ethyl adjacent to an activating group) is 1. The van der Waals surface area contributed by atoms with Crippen molar-refractivity contribution in [1.82, 2.24) is 4.98 Å². The van der Waals surface area contributed by atoms with Crippen LogP contribution in [0.1, 0.15) is 17.7 Å². The van der Waals surface area contributed by atoms with Crippen molar-refractivity contribution < 1.29 is 30.8 Å². The number of aryl methyl sites for hydroxylation is 1. The summed E-state index contributed by atoms with van der Waals surface area (Å²) in [5.41, 5.74) is -0.924. The van der Waals surface area contributed by atoms with Crippen LogP contribution in [-0.2, 0) is 21.0 Å². The Labute approximate surface area is 175 Å². The number of sulfonamides is 1. The smallest absolute Gasteiger partial charge is 0.314 e. The van der Waals surface area contributed by atoms with Gasteiger partial charge in [0.25, 0.3) is 5.91 Å². The molecule has 0 aliphatic carbocycles. The van der Waals surface area contributed by atoms with Gasteiger partial charge in [-0.1, -0.05) is 11.6 Å². The van der Waals surface area contributed by atoms with Gasteiger partial charge in [0.1, 0.15) is 17.7 Å². The van der Waals surface area contributed by atoms with Crippen molar-refractivity contribution in [2.45, 2.75) is 25.6 Å². The fraction of sp³-hybridized carbons (Fsp3) is 0.333. The number of carbonyl (C=O) groups is 1. The van der Waals surface area contributed by atoms with E-state index in [1.807, 2.05) is 0 Å². The lowest BCUT2D eigenvalue weighted by Gasteiger charge is -2.28. The van der Waals surface area contributed by atoms with Crippen LogP contribution in [0.2, 0.25) is 5.02 Å². The highest BCUT2D eigenvalue weighted by Gasteiger charge is 2.44. The molecule has 6 nitrogen and oxygen atoms in total. The Morgan fingerprint density at radius 3 is 2.53 bits per heavy atom. The SMILES string of the molecule is Cc1cc(C(F)(F)F)cc(N2C(C(=O)N(C)c3ccc(F)c(Cl)c3)CCS2(=O)=O)n1. The van der Waals surface area contributed by atoms with Crippen LogP contribution in [0.4, 0.5) is 29.1 Å². The predicted octanol–water partition coefficient (Wildman–Crippen LogP) is 3.77. The van der Waals surface area contributed by atoms with Gasteiger partial charge < -0.3 is 4.90 Å². The number of amides is 1. The van der Waals surface area contributed by atoms with E-state index in [4.69, 9.17) is 11.6 Å². The Kier molecular flexibility index (Phi) is 5.72. The van der Waals surface area contributed by atoms with Crippen molar-refractivity contribution in [2.24, 2.45) is 0 Å². The maximum atomic E-state index is 13.4. The van der Waals surface area contributed by atoms with Crippen LogP contribution in [0.15, 0.2) is 30.3 Å². The highest BCUT2D eigenvalue weighted by molar-refractivity contribution is 7.93. The summed E-state index contributed by atoms with van der Waals surface area (Å²) in [6.45, 7) is 1.30. The van der Waals surface area contributed by atoms with Gasteiger partial charge in [-0.25, -0.2) is 22.1 Å². The van der Waals surface area contributed by atoms with Crippen LogP contribution in [-0.4, -0.2) is 38.2 Å². The van der Waals surface area contributed by atoms with E-state index in [0.29, 0.717) is 10.4 Å². The summed E-state index contributed by atoms with van der Waals surface area (Å²) in [6.07, 6.45) is -4.86. The van der Waals surface area contributed by atoms with Gasteiger partial charge in [-0.15, -0.1) is 0 Å². The number of alkyl halides is 3. The second-order valence-corrected chi connectivity index (χ2v) is 9.14. The number of nitrogens with zero attached hydrogens (tertiary/aromatic N) is 3. The molecule has 1 aliphatic heterocycles. The molecule has 1 aliphatic rings. The van der Waals surface area contributed by atoms with Crippen molar-refractivity contribution in [1.29, 1.82) is 0 Å². The van der Waals surface area contributed by atoms with E-state index in [0.717, 1.165) is 17.0 Å². The maximum absolute atomic E-state index is 13.4. The minimum Gasteiger partial charge on any atom is -0.314 e. The fourth-order valence-corrected chi connectivity index (χ4v) is 5.02. The third-order valence-corrected chi connectivity index (χ3v) is 6.71. The van der Waals surface area contributed by atoms with Gasteiger partial charge in [0.2, 0.25) is 10.0 Å². The number of pyridine rings is 1. The highest BCUT2D eigenvalue weighted by atomic mass is 35.5. The molecule has 1 amide bonds. The molecule has 2 heterocycles. The number of aromatic nitrogens is 1. The van der Waals surface area contributed by atoms with Crippen LogP contribution in [0, 0.1) is 12.7 Å². The first-order valence-corrected chi connectivity index (χ1v) is 10.6. The molecule has 12 heteroatoms. The molecule has 0 radical (unpaired) electrons. The van der Waals surface area contributed by atoms with Crippen molar-refractivity contribution in [3.05, 3.63) is 52.4 Å². The molecule has 1 atom stereocenters. The van der Waals surface area contributed by atoms with Crippen LogP contribution in [0.5, 0.6) is 0 Å². The second-order valence-electron chi connectivity index (χ2n) is 6.77. The number of hydrogen-bond donors (Lipinski definition) is 0. The standard InChI is InChI=1S/C18H16ClF4N3O3S/c1-10-7-11(18(21,22)23)8-16(24-10)26-15(5-6-30(26,28)29)17(27)25(2)12-3-4-14(20)13(19)9-12/h3-4,7-9,15H,5-6H2,1-2H3. The molecule has 1 saturated heterocycles. The first-order chi connectivity index (χ1) is 13.8. The van der Waals surface area contributed by atoms with Crippen LogP contribution >= 0.6 is 11.6 Å². The third-order valence-electron chi connectivity index (χ3n) is 4.63. The van der Waals surface area contributed by atoms with E-state index >= 15 is 0 Å². The predicted molar refractivity (Wildman–Crippen MR) is 103 cm³/mol. The quantitative estimate of drug-likeness (QED) is 0.647. The molecule has 0 bridgehead atoms. The lowest BCUT2D eigenvalue weighted by atomic mass is 10.1. The summed E-state index contributed by atoms with van der Waals surface area (Å²) in [7, 11) is -2.74. The summed E-state index contributed by atoms with van der Waals surface area (Å²) < 4.78 is 78.7. The zero-order chi connectivity index (χ0) is 22.4. The monoisotopic (exact) mass is 465 g/mol. The van der Waals surface area contributed by atoms with Gasteiger partial charge in [-0.3, -0.25) is 4.79 Å². The number of halogens is 5. The van der Waals surface area contributed by atoms with Gasteiger partial charge >= 0.3 is 6.18 Å². The number of rotatable bonds is 3. The summed E-state index contributed by atoms with van der Waals surface area (Å²) >= 11 is 5.73. The Morgan fingerprint density at radius 1 is 1.27 bits per heavy atom. The summed E-state index contributed by atoms with van der Waals surface area (Å²) in [5, 5.41) is -0.238. The minimum absolute atomic E-state index is 0.0493. The van der Waals surface area contributed by atoms with E-state index in [2.05, 4.69) is 4.98 Å². The maximum Gasteiger partial charge on any atom is 0.416 e. The molecule has 1 unspecified atom stereocenters. The topological polar surface area (TPSA) is 70.6 Å². The van der Waals surface area contributed by atoms with Crippen molar-refractivity contribution in [3.8, 4) is 0 Å². The van der Waals surface area contributed by atoms with Crippen LogP contribution < -0.4 is 9.21 Å².